The molecule has 0 bridgehead atoms. The maximum Gasteiger partial charge on any atom is 0.142 e. The van der Waals surface area contributed by atoms with E-state index >= 15 is 0 Å². The molecule has 7 nitrogen and oxygen atoms in total. The number of fused-ring (bicyclic) bond motifs is 1. The lowest BCUT2D eigenvalue weighted by molar-refractivity contribution is -0.0328. The standard InChI is InChI=1S/C33H42N2O5/c1-23(2)26-6-4-7-28(19-26)40-27-11-9-25(10-12-27)33-30(36)20-34-21-32(33)39-22-24-8-13-31-29(18-24)35(15-17-38-31)14-5-16-37-3/h4,6-13,18-19,23,30,32-34,36H,5,14-17,20-22H2,1-3H3. The largest absolute Gasteiger partial charge is 0.490 e. The Kier molecular flexibility index (Phi) is 9.60. The maximum atomic E-state index is 11.0. The van der Waals surface area contributed by atoms with E-state index in [9.17, 15) is 5.11 Å². The highest BCUT2D eigenvalue weighted by molar-refractivity contribution is 5.61. The van der Waals surface area contributed by atoms with Gasteiger partial charge in [-0.25, -0.2) is 0 Å². The minimum absolute atomic E-state index is 0.133. The van der Waals surface area contributed by atoms with Gasteiger partial charge >= 0.3 is 0 Å². The summed E-state index contributed by atoms with van der Waals surface area (Å²) in [7, 11) is 1.74. The minimum atomic E-state index is -0.540. The molecular formula is C33H42N2O5. The summed E-state index contributed by atoms with van der Waals surface area (Å²) in [5.41, 5.74) is 4.49. The van der Waals surface area contributed by atoms with Crippen LogP contribution in [0.25, 0.3) is 0 Å². The third-order valence-electron chi connectivity index (χ3n) is 7.76. The first-order valence-corrected chi connectivity index (χ1v) is 14.4. The van der Waals surface area contributed by atoms with Crippen LogP contribution in [0.1, 0.15) is 48.8 Å². The molecule has 3 unspecified atom stereocenters. The van der Waals surface area contributed by atoms with E-state index in [2.05, 4.69) is 48.3 Å². The molecule has 0 radical (unpaired) electrons. The molecule has 2 aliphatic rings. The van der Waals surface area contributed by atoms with Crippen LogP contribution in [0.3, 0.4) is 0 Å². The van der Waals surface area contributed by atoms with Gasteiger partial charge in [-0.15, -0.1) is 0 Å². The molecule has 0 saturated carbocycles. The number of rotatable bonds is 11. The molecule has 7 heteroatoms. The van der Waals surface area contributed by atoms with Crippen molar-refractivity contribution in [1.29, 1.82) is 0 Å². The average Bonchev–Trinajstić information content (AvgIpc) is 2.97. The smallest absolute Gasteiger partial charge is 0.142 e. The Balaban J connectivity index is 1.25. The zero-order valence-electron chi connectivity index (χ0n) is 23.8. The number of nitrogens with one attached hydrogen (secondary N) is 1. The zero-order chi connectivity index (χ0) is 27.9. The minimum Gasteiger partial charge on any atom is -0.490 e. The number of anilines is 1. The number of hydrogen-bond acceptors (Lipinski definition) is 7. The molecule has 0 aromatic heterocycles. The average molecular weight is 547 g/mol. The number of β-amino-alcohol motifs (C(OH)–C–C–N with tert-alkyl or cyclic N) is 1. The van der Waals surface area contributed by atoms with Crippen LogP contribution in [0, 0.1) is 0 Å². The molecule has 2 N–H and O–H groups in total. The Hall–Kier alpha value is -3.10. The molecule has 214 valence electrons. The van der Waals surface area contributed by atoms with E-state index in [4.69, 9.17) is 18.9 Å². The van der Waals surface area contributed by atoms with Gasteiger partial charge in [0.15, 0.2) is 0 Å². The van der Waals surface area contributed by atoms with Gasteiger partial charge in [0.05, 0.1) is 31.0 Å². The topological polar surface area (TPSA) is 72.4 Å². The van der Waals surface area contributed by atoms with Gasteiger partial charge in [0.25, 0.3) is 0 Å². The van der Waals surface area contributed by atoms with Crippen molar-refractivity contribution in [1.82, 2.24) is 5.32 Å². The van der Waals surface area contributed by atoms with Crippen molar-refractivity contribution in [2.45, 2.75) is 50.9 Å². The fraction of sp³-hybridized carbons (Fsp3) is 0.455. The second kappa shape index (κ2) is 13.5. The molecule has 2 heterocycles. The van der Waals surface area contributed by atoms with E-state index in [0.29, 0.717) is 32.2 Å². The second-order valence-electron chi connectivity index (χ2n) is 11.0. The second-order valence-corrected chi connectivity index (χ2v) is 11.0. The van der Waals surface area contributed by atoms with Gasteiger partial charge in [0, 0.05) is 39.3 Å². The predicted octanol–water partition coefficient (Wildman–Crippen LogP) is 5.47. The SMILES string of the molecule is COCCCN1CCOc2ccc(COC3CNCC(O)C3c3ccc(Oc4cccc(C(C)C)c4)cc3)cc21. The molecule has 2 aliphatic heterocycles. The molecule has 0 spiro atoms. The summed E-state index contributed by atoms with van der Waals surface area (Å²) in [5.74, 6) is 2.83. The molecule has 0 aliphatic carbocycles. The van der Waals surface area contributed by atoms with Crippen molar-refractivity contribution in [3.05, 3.63) is 83.4 Å². The van der Waals surface area contributed by atoms with Crippen molar-refractivity contribution < 1.29 is 24.1 Å². The Morgan fingerprint density at radius 3 is 2.67 bits per heavy atom. The van der Waals surface area contributed by atoms with E-state index in [1.54, 1.807) is 7.11 Å². The molecule has 5 rings (SSSR count). The molecule has 40 heavy (non-hydrogen) atoms. The third kappa shape index (κ3) is 6.96. The number of methoxy groups -OCH3 is 1. The summed E-state index contributed by atoms with van der Waals surface area (Å²) < 4.78 is 23.7. The lowest BCUT2D eigenvalue weighted by Gasteiger charge is -2.36. The van der Waals surface area contributed by atoms with Crippen LogP contribution in [0.4, 0.5) is 5.69 Å². The summed E-state index contributed by atoms with van der Waals surface area (Å²) in [6.07, 6.45) is 0.266. The highest BCUT2D eigenvalue weighted by Gasteiger charge is 2.34. The van der Waals surface area contributed by atoms with E-state index in [1.165, 1.54) is 5.56 Å². The first kappa shape index (κ1) is 28.4. The van der Waals surface area contributed by atoms with E-state index in [0.717, 1.165) is 60.2 Å². The van der Waals surface area contributed by atoms with Gasteiger partial charge in [-0.2, -0.15) is 0 Å². The van der Waals surface area contributed by atoms with Crippen molar-refractivity contribution in [2.75, 3.05) is 51.4 Å². The number of piperidine rings is 1. The monoisotopic (exact) mass is 546 g/mol. The van der Waals surface area contributed by atoms with Crippen LogP contribution < -0.4 is 19.7 Å². The van der Waals surface area contributed by atoms with Crippen LogP contribution in [-0.2, 0) is 16.1 Å². The highest BCUT2D eigenvalue weighted by atomic mass is 16.5. The molecule has 3 atom stereocenters. The number of ether oxygens (including phenoxy) is 4. The van der Waals surface area contributed by atoms with Gasteiger partial charge in [-0.1, -0.05) is 44.2 Å². The third-order valence-corrected chi connectivity index (χ3v) is 7.76. The Labute approximate surface area is 238 Å². The summed E-state index contributed by atoms with van der Waals surface area (Å²) >= 11 is 0. The lowest BCUT2D eigenvalue weighted by Crippen LogP contribution is -2.49. The number of aliphatic hydroxyl groups is 1. The van der Waals surface area contributed by atoms with Gasteiger partial charge in [0.2, 0.25) is 0 Å². The predicted molar refractivity (Wildman–Crippen MR) is 158 cm³/mol. The molecular weight excluding hydrogens is 504 g/mol. The van der Waals surface area contributed by atoms with Crippen LogP contribution in [0.2, 0.25) is 0 Å². The van der Waals surface area contributed by atoms with E-state index < -0.39 is 6.10 Å². The van der Waals surface area contributed by atoms with Crippen molar-refractivity contribution in [3.8, 4) is 17.2 Å². The van der Waals surface area contributed by atoms with Crippen LogP contribution in [0.15, 0.2) is 66.7 Å². The van der Waals surface area contributed by atoms with Gasteiger partial charge in [-0.05, 0) is 65.4 Å². The summed E-state index contributed by atoms with van der Waals surface area (Å²) in [6, 6.07) is 22.5. The summed E-state index contributed by atoms with van der Waals surface area (Å²) in [6.45, 7) is 9.26. The molecule has 3 aromatic rings. The normalized spacial score (nSPS) is 20.7. The number of hydrogen-bond donors (Lipinski definition) is 2. The van der Waals surface area contributed by atoms with Crippen LogP contribution in [-0.4, -0.2) is 63.8 Å². The van der Waals surface area contributed by atoms with E-state index in [1.807, 2.05) is 42.5 Å². The van der Waals surface area contributed by atoms with Gasteiger partial charge in [0.1, 0.15) is 23.9 Å². The number of aliphatic hydroxyl groups excluding tert-OH is 1. The summed E-state index contributed by atoms with van der Waals surface area (Å²) in [5, 5.41) is 14.3. The van der Waals surface area contributed by atoms with Crippen molar-refractivity contribution >= 4 is 5.69 Å². The first-order chi connectivity index (χ1) is 19.5. The number of nitrogens with zero attached hydrogens (tertiary/aromatic N) is 1. The van der Waals surface area contributed by atoms with Crippen molar-refractivity contribution in [3.63, 3.8) is 0 Å². The van der Waals surface area contributed by atoms with Crippen LogP contribution in [0.5, 0.6) is 17.2 Å². The zero-order valence-corrected chi connectivity index (χ0v) is 23.8. The molecule has 0 amide bonds. The Morgan fingerprint density at radius 1 is 1.02 bits per heavy atom. The number of benzene rings is 3. The van der Waals surface area contributed by atoms with Gasteiger partial charge < -0.3 is 34.3 Å². The fourth-order valence-electron chi connectivity index (χ4n) is 5.55. The summed E-state index contributed by atoms with van der Waals surface area (Å²) in [4.78, 5) is 2.36. The first-order valence-electron chi connectivity index (χ1n) is 14.4. The molecule has 1 fully saturated rings. The maximum absolute atomic E-state index is 11.0. The van der Waals surface area contributed by atoms with E-state index in [-0.39, 0.29) is 12.0 Å². The fourth-order valence-corrected chi connectivity index (χ4v) is 5.55. The van der Waals surface area contributed by atoms with Crippen LogP contribution >= 0.6 is 0 Å². The molecule has 3 aromatic carbocycles. The molecule has 1 saturated heterocycles. The Morgan fingerprint density at radius 2 is 1.88 bits per heavy atom. The Bertz CT molecular complexity index is 1230. The lowest BCUT2D eigenvalue weighted by atomic mass is 9.85. The van der Waals surface area contributed by atoms with Crippen molar-refractivity contribution in [2.24, 2.45) is 0 Å². The van der Waals surface area contributed by atoms with Gasteiger partial charge in [-0.3, -0.25) is 0 Å². The highest BCUT2D eigenvalue weighted by Crippen LogP contribution is 2.35. The quantitative estimate of drug-likeness (QED) is 0.309.